The Morgan fingerprint density at radius 3 is 2.96 bits per heavy atom. The summed E-state index contributed by atoms with van der Waals surface area (Å²) < 4.78 is 0. The Balaban J connectivity index is 1.47. The number of hydrogen-bond acceptors (Lipinski definition) is 4. The maximum atomic E-state index is 12.2. The van der Waals surface area contributed by atoms with Gasteiger partial charge < -0.3 is 10.2 Å². The number of likely N-dealkylation sites (tertiary alicyclic amines) is 1. The van der Waals surface area contributed by atoms with Crippen LogP contribution in [0.25, 0.3) is 0 Å². The average molecular weight is 351 g/mol. The lowest BCUT2D eigenvalue weighted by atomic mass is 10.1. The largest absolute Gasteiger partial charge is 0.350 e. The van der Waals surface area contributed by atoms with E-state index < -0.39 is 0 Å². The zero-order valence-electron chi connectivity index (χ0n) is 13.7. The van der Waals surface area contributed by atoms with E-state index in [0.29, 0.717) is 24.5 Å². The van der Waals surface area contributed by atoms with Crippen LogP contribution in [0.5, 0.6) is 0 Å². The van der Waals surface area contributed by atoms with Crippen molar-refractivity contribution >= 4 is 23.4 Å². The first-order chi connectivity index (χ1) is 11.5. The highest BCUT2D eigenvalue weighted by atomic mass is 35.5. The van der Waals surface area contributed by atoms with Crippen molar-refractivity contribution in [3.63, 3.8) is 0 Å². The van der Waals surface area contributed by atoms with Crippen LogP contribution in [0, 0.1) is 0 Å². The normalized spacial score (nSPS) is 26.8. The van der Waals surface area contributed by atoms with Crippen LogP contribution in [0.1, 0.15) is 25.3 Å². The second kappa shape index (κ2) is 7.51. The SMILES string of the molecule is CC1CC(C(=O)NC2CC(=O)N(CCc3cccc(Cl)c3)C2)NN1. The van der Waals surface area contributed by atoms with Crippen molar-refractivity contribution in [2.24, 2.45) is 0 Å². The molecule has 3 unspecified atom stereocenters. The van der Waals surface area contributed by atoms with Gasteiger partial charge in [0.2, 0.25) is 11.8 Å². The summed E-state index contributed by atoms with van der Waals surface area (Å²) in [7, 11) is 0. The number of amides is 2. The maximum Gasteiger partial charge on any atom is 0.238 e. The number of carbonyl (C=O) groups is 2. The van der Waals surface area contributed by atoms with Gasteiger partial charge in [0.25, 0.3) is 0 Å². The van der Waals surface area contributed by atoms with Crippen LogP contribution in [-0.4, -0.2) is 47.9 Å². The van der Waals surface area contributed by atoms with Gasteiger partial charge in [-0.05, 0) is 37.5 Å². The molecule has 2 heterocycles. The Morgan fingerprint density at radius 2 is 2.25 bits per heavy atom. The summed E-state index contributed by atoms with van der Waals surface area (Å²) in [5, 5.41) is 3.69. The molecule has 7 heteroatoms. The van der Waals surface area contributed by atoms with Gasteiger partial charge in [-0.2, -0.15) is 0 Å². The number of hydrazine groups is 1. The molecule has 1 aromatic carbocycles. The predicted molar refractivity (Wildman–Crippen MR) is 92.4 cm³/mol. The lowest BCUT2D eigenvalue weighted by molar-refractivity contribution is -0.127. The molecule has 130 valence electrons. The van der Waals surface area contributed by atoms with E-state index in [0.717, 1.165) is 18.4 Å². The molecule has 0 saturated carbocycles. The zero-order chi connectivity index (χ0) is 17.1. The molecule has 24 heavy (non-hydrogen) atoms. The number of hydrogen-bond donors (Lipinski definition) is 3. The van der Waals surface area contributed by atoms with E-state index in [1.54, 1.807) is 0 Å². The van der Waals surface area contributed by atoms with Crippen LogP contribution < -0.4 is 16.2 Å². The second-order valence-corrected chi connectivity index (χ2v) is 7.04. The fraction of sp³-hybridized carbons (Fsp3) is 0.529. The third-order valence-corrected chi connectivity index (χ3v) is 4.77. The van der Waals surface area contributed by atoms with E-state index >= 15 is 0 Å². The summed E-state index contributed by atoms with van der Waals surface area (Å²) >= 11 is 5.98. The standard InChI is InChI=1S/C17H23ClN4O2/c1-11-7-15(21-20-11)17(24)19-14-9-16(23)22(10-14)6-5-12-3-2-4-13(18)8-12/h2-4,8,11,14-15,20-21H,5-7,9-10H2,1H3,(H,19,24). The molecule has 0 aromatic heterocycles. The Bertz CT molecular complexity index is 624. The van der Waals surface area contributed by atoms with Gasteiger partial charge in [-0.3, -0.25) is 15.0 Å². The lowest BCUT2D eigenvalue weighted by Gasteiger charge is -2.18. The maximum absolute atomic E-state index is 12.2. The van der Waals surface area contributed by atoms with Gasteiger partial charge in [0.1, 0.15) is 6.04 Å². The van der Waals surface area contributed by atoms with Crippen molar-refractivity contribution < 1.29 is 9.59 Å². The Morgan fingerprint density at radius 1 is 1.42 bits per heavy atom. The smallest absolute Gasteiger partial charge is 0.238 e. The van der Waals surface area contributed by atoms with Gasteiger partial charge in [0.05, 0.1) is 6.04 Å². The first-order valence-corrected chi connectivity index (χ1v) is 8.72. The first-order valence-electron chi connectivity index (χ1n) is 8.35. The van der Waals surface area contributed by atoms with Crippen LogP contribution in [0.15, 0.2) is 24.3 Å². The average Bonchev–Trinajstić information content (AvgIpc) is 3.11. The topological polar surface area (TPSA) is 73.5 Å². The van der Waals surface area contributed by atoms with Crippen molar-refractivity contribution in [1.82, 2.24) is 21.1 Å². The van der Waals surface area contributed by atoms with Gasteiger partial charge in [0, 0.05) is 30.6 Å². The van der Waals surface area contributed by atoms with Gasteiger partial charge >= 0.3 is 0 Å². The monoisotopic (exact) mass is 350 g/mol. The number of benzene rings is 1. The Labute approximate surface area is 146 Å². The van der Waals surface area contributed by atoms with Crippen LogP contribution in [0.3, 0.4) is 0 Å². The number of carbonyl (C=O) groups excluding carboxylic acids is 2. The molecule has 0 aliphatic carbocycles. The van der Waals surface area contributed by atoms with Crippen molar-refractivity contribution in [1.29, 1.82) is 0 Å². The second-order valence-electron chi connectivity index (χ2n) is 6.61. The van der Waals surface area contributed by atoms with Crippen molar-refractivity contribution in [2.75, 3.05) is 13.1 Å². The molecular weight excluding hydrogens is 328 g/mol. The molecular formula is C17H23ClN4O2. The molecule has 2 amide bonds. The summed E-state index contributed by atoms with van der Waals surface area (Å²) in [5.41, 5.74) is 7.13. The third kappa shape index (κ3) is 4.26. The van der Waals surface area contributed by atoms with Crippen molar-refractivity contribution in [3.8, 4) is 0 Å². The highest BCUT2D eigenvalue weighted by Crippen LogP contribution is 2.15. The van der Waals surface area contributed by atoms with E-state index in [9.17, 15) is 9.59 Å². The van der Waals surface area contributed by atoms with Crippen molar-refractivity contribution in [3.05, 3.63) is 34.9 Å². The fourth-order valence-corrected chi connectivity index (χ4v) is 3.44. The molecule has 0 spiro atoms. The molecule has 0 bridgehead atoms. The first kappa shape index (κ1) is 17.2. The van der Waals surface area contributed by atoms with E-state index in [-0.39, 0.29) is 29.9 Å². The van der Waals surface area contributed by atoms with E-state index in [2.05, 4.69) is 16.2 Å². The molecule has 3 N–H and O–H groups in total. The molecule has 1 aromatic rings. The van der Waals surface area contributed by atoms with Gasteiger partial charge in [-0.15, -0.1) is 0 Å². The Hall–Kier alpha value is -1.63. The number of rotatable bonds is 5. The minimum Gasteiger partial charge on any atom is -0.350 e. The van der Waals surface area contributed by atoms with Gasteiger partial charge in [-0.1, -0.05) is 23.7 Å². The van der Waals surface area contributed by atoms with Crippen LogP contribution in [-0.2, 0) is 16.0 Å². The molecule has 2 aliphatic rings. The predicted octanol–water partition coefficient (Wildman–Crippen LogP) is 0.855. The number of nitrogens with one attached hydrogen (secondary N) is 3. The summed E-state index contributed by atoms with van der Waals surface area (Å²) in [6.45, 7) is 3.24. The molecule has 3 rings (SSSR count). The van der Waals surface area contributed by atoms with Crippen LogP contribution in [0.4, 0.5) is 0 Å². The molecule has 0 radical (unpaired) electrons. The molecule has 2 fully saturated rings. The molecule has 2 aliphatic heterocycles. The molecule has 3 atom stereocenters. The summed E-state index contributed by atoms with van der Waals surface area (Å²) in [6.07, 6.45) is 1.89. The van der Waals surface area contributed by atoms with E-state index in [4.69, 9.17) is 11.6 Å². The highest BCUT2D eigenvalue weighted by Gasteiger charge is 2.33. The summed E-state index contributed by atoms with van der Waals surface area (Å²) in [6, 6.07) is 7.62. The molecule has 2 saturated heterocycles. The zero-order valence-corrected chi connectivity index (χ0v) is 14.5. The lowest BCUT2D eigenvalue weighted by Crippen LogP contribution is -2.47. The van der Waals surface area contributed by atoms with E-state index in [1.807, 2.05) is 36.1 Å². The third-order valence-electron chi connectivity index (χ3n) is 4.53. The van der Waals surface area contributed by atoms with Gasteiger partial charge in [0.15, 0.2) is 0 Å². The number of halogens is 1. The minimum atomic E-state index is -0.226. The van der Waals surface area contributed by atoms with Crippen molar-refractivity contribution in [2.45, 2.75) is 44.3 Å². The number of nitrogens with zero attached hydrogens (tertiary/aromatic N) is 1. The summed E-state index contributed by atoms with van der Waals surface area (Å²) in [4.78, 5) is 26.2. The minimum absolute atomic E-state index is 0.0404. The Kier molecular flexibility index (Phi) is 5.38. The van der Waals surface area contributed by atoms with Gasteiger partial charge in [-0.25, -0.2) is 5.43 Å². The van der Waals surface area contributed by atoms with E-state index in [1.165, 1.54) is 0 Å². The molecule has 6 nitrogen and oxygen atoms in total. The van der Waals surface area contributed by atoms with Crippen LogP contribution >= 0.6 is 11.6 Å². The fourth-order valence-electron chi connectivity index (χ4n) is 3.23. The summed E-state index contributed by atoms with van der Waals surface area (Å²) in [5.74, 6) is 0.0505. The van der Waals surface area contributed by atoms with Crippen LogP contribution in [0.2, 0.25) is 5.02 Å². The quantitative estimate of drug-likeness (QED) is 0.736. The highest BCUT2D eigenvalue weighted by molar-refractivity contribution is 6.30.